The minimum atomic E-state index is -0.947. The van der Waals surface area contributed by atoms with Crippen molar-refractivity contribution in [1.82, 2.24) is 9.80 Å². The topological polar surface area (TPSA) is 73.2 Å². The molecule has 0 unspecified atom stereocenters. The molecule has 33 heavy (non-hydrogen) atoms. The van der Waals surface area contributed by atoms with Gasteiger partial charge in [-0.3, -0.25) is 9.69 Å². The molecule has 7 rings (SSSR count). The Kier molecular flexibility index (Phi) is 4.04. The van der Waals surface area contributed by atoms with Crippen molar-refractivity contribution in [1.29, 1.82) is 0 Å². The Bertz CT molecular complexity index is 1110. The summed E-state index contributed by atoms with van der Waals surface area (Å²) in [5.74, 6) is 0.871. The maximum atomic E-state index is 13.5. The number of benzene rings is 1. The Labute approximate surface area is 194 Å². The van der Waals surface area contributed by atoms with E-state index in [9.17, 15) is 15.0 Å². The third kappa shape index (κ3) is 2.29. The molecule has 3 heterocycles. The highest BCUT2D eigenvalue weighted by Gasteiger charge is 2.73. The average molecular weight is 449 g/mol. The Morgan fingerprint density at radius 3 is 2.91 bits per heavy atom. The number of aliphatic hydroxyl groups is 1. The third-order valence-corrected chi connectivity index (χ3v) is 9.77. The van der Waals surface area contributed by atoms with Crippen LogP contribution >= 0.6 is 0 Å². The van der Waals surface area contributed by atoms with Gasteiger partial charge in [-0.25, -0.2) is 0 Å². The summed E-state index contributed by atoms with van der Waals surface area (Å²) >= 11 is 0. The lowest BCUT2D eigenvalue weighted by molar-refractivity contribution is -0.198. The molecule has 0 radical (unpaired) electrons. The van der Waals surface area contributed by atoms with Crippen molar-refractivity contribution >= 4 is 5.91 Å². The highest BCUT2D eigenvalue weighted by Crippen LogP contribution is 2.66. The molecule has 174 valence electrons. The number of likely N-dealkylation sites (tertiary alicyclic amines) is 1. The van der Waals surface area contributed by atoms with Crippen LogP contribution in [-0.2, 0) is 16.6 Å². The first-order valence-corrected chi connectivity index (χ1v) is 12.6. The second-order valence-electron chi connectivity index (χ2n) is 11.0. The smallest absolute Gasteiger partial charge is 0.250 e. The van der Waals surface area contributed by atoms with E-state index in [1.165, 1.54) is 11.1 Å². The molecule has 6 nitrogen and oxygen atoms in total. The van der Waals surface area contributed by atoms with Gasteiger partial charge in [0.2, 0.25) is 5.91 Å². The molecule has 3 aliphatic heterocycles. The lowest BCUT2D eigenvalue weighted by Crippen LogP contribution is -2.78. The van der Waals surface area contributed by atoms with E-state index in [1.54, 1.807) is 6.07 Å². The Hall–Kier alpha value is -2.31. The molecule has 3 aliphatic carbocycles. The number of rotatable bonds is 3. The number of carbonyl (C=O) groups excluding carboxylic acids is 1. The zero-order valence-corrected chi connectivity index (χ0v) is 19.1. The third-order valence-electron chi connectivity index (χ3n) is 9.77. The monoisotopic (exact) mass is 448 g/mol. The number of ether oxygens (including phenoxy) is 1. The summed E-state index contributed by atoms with van der Waals surface area (Å²) in [6.45, 7) is 6.25. The molecular formula is C27H32N2O4. The minimum absolute atomic E-state index is 0.0140. The van der Waals surface area contributed by atoms with E-state index in [4.69, 9.17) is 4.74 Å². The molecular weight excluding hydrogens is 416 g/mol. The van der Waals surface area contributed by atoms with Crippen molar-refractivity contribution in [2.45, 2.75) is 80.6 Å². The van der Waals surface area contributed by atoms with E-state index < -0.39 is 11.0 Å². The standard InChI is InChI=1S/C27H32N2O4/c1-2-12-28-13-11-26-22-16-7-8-20(30)23(22)33-24(26)19(9-10-27(26,32)21(28)14-16)29-15-17-5-3-4-6-18(17)25(29)31/h2,7-8,19,21,24,30,32H,1,3-6,9-15H2/t19-,21+,24+,26+,27-/m1/s1. The molecule has 2 fully saturated rings. The van der Waals surface area contributed by atoms with Gasteiger partial charge < -0.3 is 19.8 Å². The molecule has 6 aliphatic rings. The molecule has 2 bridgehead atoms. The quantitative estimate of drug-likeness (QED) is 0.696. The van der Waals surface area contributed by atoms with E-state index in [1.807, 2.05) is 12.1 Å². The number of phenolic OH excluding ortho intramolecular Hbond substituents is 1. The molecule has 2 N–H and O–H groups in total. The molecule has 6 heteroatoms. The Balaban J connectivity index is 1.36. The van der Waals surface area contributed by atoms with E-state index in [-0.39, 0.29) is 29.8 Å². The summed E-state index contributed by atoms with van der Waals surface area (Å²) in [4.78, 5) is 17.9. The SMILES string of the molecule is C=CCN1CC[C@]23c4c5ccc(O)c4O[C@H]2[C@H](N2CC4=C(CCCC4)C2=O)CC[C@@]3(O)[C@@H]1C5. The molecule has 1 aromatic rings. The van der Waals surface area contributed by atoms with Crippen molar-refractivity contribution in [3.63, 3.8) is 0 Å². The minimum Gasteiger partial charge on any atom is -0.504 e. The van der Waals surface area contributed by atoms with E-state index >= 15 is 0 Å². The second kappa shape index (κ2) is 6.63. The fraction of sp³-hybridized carbons (Fsp3) is 0.593. The van der Waals surface area contributed by atoms with Crippen molar-refractivity contribution in [3.8, 4) is 11.5 Å². The number of piperidine rings is 1. The Morgan fingerprint density at radius 2 is 2.09 bits per heavy atom. The van der Waals surface area contributed by atoms with Crippen LogP contribution in [0, 0.1) is 0 Å². The number of nitrogens with zero attached hydrogens (tertiary/aromatic N) is 2. The largest absolute Gasteiger partial charge is 0.504 e. The van der Waals surface area contributed by atoms with Crippen LogP contribution in [0.1, 0.15) is 56.1 Å². The lowest BCUT2D eigenvalue weighted by atomic mass is 9.48. The summed E-state index contributed by atoms with van der Waals surface area (Å²) in [6.07, 6.45) is 8.62. The number of hydrogen-bond acceptors (Lipinski definition) is 5. The van der Waals surface area contributed by atoms with Gasteiger partial charge >= 0.3 is 0 Å². The molecule has 1 saturated heterocycles. The van der Waals surface area contributed by atoms with Crippen LogP contribution in [0.3, 0.4) is 0 Å². The van der Waals surface area contributed by atoms with Gasteiger partial charge in [0.1, 0.15) is 6.10 Å². The van der Waals surface area contributed by atoms with Crippen molar-refractivity contribution in [3.05, 3.63) is 47.1 Å². The molecule has 1 spiro atoms. The van der Waals surface area contributed by atoms with E-state index in [0.717, 1.165) is 69.2 Å². The van der Waals surface area contributed by atoms with Crippen LogP contribution in [0.4, 0.5) is 0 Å². The van der Waals surface area contributed by atoms with Crippen LogP contribution in [-0.4, -0.2) is 69.3 Å². The number of phenols is 1. The fourth-order valence-corrected chi connectivity index (χ4v) is 8.43. The maximum absolute atomic E-state index is 13.5. The number of carbonyl (C=O) groups is 1. The van der Waals surface area contributed by atoms with E-state index in [2.05, 4.69) is 16.4 Å². The fourth-order valence-electron chi connectivity index (χ4n) is 8.43. The van der Waals surface area contributed by atoms with Gasteiger partial charge in [0.25, 0.3) is 0 Å². The number of amides is 1. The zero-order chi connectivity index (χ0) is 22.5. The molecule has 1 amide bonds. The van der Waals surface area contributed by atoms with Crippen LogP contribution in [0.5, 0.6) is 11.5 Å². The van der Waals surface area contributed by atoms with Crippen LogP contribution in [0.25, 0.3) is 0 Å². The maximum Gasteiger partial charge on any atom is 0.250 e. The first-order chi connectivity index (χ1) is 16.0. The first-order valence-electron chi connectivity index (χ1n) is 12.6. The summed E-state index contributed by atoms with van der Waals surface area (Å²) in [5, 5.41) is 23.3. The second-order valence-corrected chi connectivity index (χ2v) is 11.0. The van der Waals surface area contributed by atoms with E-state index in [0.29, 0.717) is 18.7 Å². The van der Waals surface area contributed by atoms with Gasteiger partial charge in [-0.2, -0.15) is 0 Å². The summed E-state index contributed by atoms with van der Waals surface area (Å²) in [6, 6.07) is 3.64. The summed E-state index contributed by atoms with van der Waals surface area (Å²) in [7, 11) is 0. The summed E-state index contributed by atoms with van der Waals surface area (Å²) in [5.41, 5.74) is 2.98. The van der Waals surface area contributed by atoms with Gasteiger partial charge in [0.05, 0.1) is 17.1 Å². The van der Waals surface area contributed by atoms with Crippen molar-refractivity contribution in [2.24, 2.45) is 0 Å². The number of aromatic hydroxyl groups is 1. The molecule has 0 aromatic heterocycles. The normalized spacial score (nSPS) is 38.8. The zero-order valence-electron chi connectivity index (χ0n) is 19.1. The van der Waals surface area contributed by atoms with Crippen molar-refractivity contribution in [2.75, 3.05) is 19.6 Å². The Morgan fingerprint density at radius 1 is 1.24 bits per heavy atom. The van der Waals surface area contributed by atoms with Crippen molar-refractivity contribution < 1.29 is 19.7 Å². The molecule has 1 aromatic carbocycles. The van der Waals surface area contributed by atoms with Gasteiger partial charge in [-0.1, -0.05) is 12.1 Å². The average Bonchev–Trinajstić information content (AvgIpc) is 3.33. The van der Waals surface area contributed by atoms with Crippen LogP contribution < -0.4 is 4.74 Å². The number of hydrogen-bond donors (Lipinski definition) is 2. The van der Waals surface area contributed by atoms with Crippen LogP contribution in [0.2, 0.25) is 0 Å². The van der Waals surface area contributed by atoms with Gasteiger partial charge in [-0.15, -0.1) is 6.58 Å². The van der Waals surface area contributed by atoms with Gasteiger partial charge in [-0.05, 0) is 75.1 Å². The van der Waals surface area contributed by atoms with Gasteiger partial charge in [0, 0.05) is 30.3 Å². The molecule has 1 saturated carbocycles. The predicted molar refractivity (Wildman–Crippen MR) is 123 cm³/mol. The highest BCUT2D eigenvalue weighted by molar-refractivity contribution is 5.97. The highest BCUT2D eigenvalue weighted by atomic mass is 16.5. The van der Waals surface area contributed by atoms with Gasteiger partial charge in [0.15, 0.2) is 11.5 Å². The molecule has 5 atom stereocenters. The lowest BCUT2D eigenvalue weighted by Gasteiger charge is -2.64. The van der Waals surface area contributed by atoms with Crippen LogP contribution in [0.15, 0.2) is 35.9 Å². The summed E-state index contributed by atoms with van der Waals surface area (Å²) < 4.78 is 6.64. The first kappa shape index (κ1) is 20.1. The predicted octanol–water partition coefficient (Wildman–Crippen LogP) is 2.81.